The third-order valence-electron chi connectivity index (χ3n) is 5.32. The zero-order valence-electron chi connectivity index (χ0n) is 20.7. The van der Waals surface area contributed by atoms with Crippen molar-refractivity contribution in [1.82, 2.24) is 14.1 Å². The highest BCUT2D eigenvalue weighted by molar-refractivity contribution is 6.30. The fraction of sp³-hybridized carbons (Fsp3) is 0.360. The molecule has 0 spiro atoms. The van der Waals surface area contributed by atoms with E-state index >= 15 is 0 Å². The first-order valence-corrected chi connectivity index (χ1v) is 11.6. The number of carboxylic acid groups (broad SMARTS) is 1. The Bertz CT molecular complexity index is 1360. The van der Waals surface area contributed by atoms with Crippen LogP contribution in [0.4, 0.5) is 11.6 Å². The third kappa shape index (κ3) is 6.25. The summed E-state index contributed by atoms with van der Waals surface area (Å²) in [7, 11) is 1.51. The van der Waals surface area contributed by atoms with Gasteiger partial charge in [-0.05, 0) is 57.5 Å². The topological polar surface area (TPSA) is 125 Å². The average molecular weight is 517 g/mol. The number of hydrogen-bond donors (Lipinski definition) is 2. The molecule has 0 amide bonds. The molecule has 0 aliphatic heterocycles. The molecule has 0 saturated carbocycles. The largest absolute Gasteiger partial charge is 0.493 e. The van der Waals surface area contributed by atoms with Crippen LogP contribution >= 0.6 is 11.6 Å². The van der Waals surface area contributed by atoms with Gasteiger partial charge in [-0.1, -0.05) is 23.7 Å². The van der Waals surface area contributed by atoms with E-state index in [-0.39, 0.29) is 25.1 Å². The summed E-state index contributed by atoms with van der Waals surface area (Å²) in [6.07, 6.45) is -0.0634. The van der Waals surface area contributed by atoms with Crippen molar-refractivity contribution in [3.8, 4) is 11.5 Å². The maximum atomic E-state index is 13.5. The molecule has 0 saturated heterocycles. The summed E-state index contributed by atoms with van der Waals surface area (Å²) in [6.45, 7) is 6.37. The van der Waals surface area contributed by atoms with Crippen LogP contribution < -0.4 is 26.2 Å². The van der Waals surface area contributed by atoms with Gasteiger partial charge in [-0.25, -0.2) is 14.2 Å². The number of aliphatic carboxylic acids is 1. The van der Waals surface area contributed by atoms with Crippen molar-refractivity contribution in [2.24, 2.45) is 5.41 Å². The van der Waals surface area contributed by atoms with Crippen molar-refractivity contribution in [3.63, 3.8) is 0 Å². The number of carbonyl (C=O) groups is 1. The van der Waals surface area contributed by atoms with Crippen LogP contribution in [-0.2, 0) is 17.9 Å². The zero-order valence-corrected chi connectivity index (χ0v) is 21.5. The Morgan fingerprint density at radius 2 is 1.78 bits per heavy atom. The van der Waals surface area contributed by atoms with Gasteiger partial charge >= 0.3 is 17.3 Å². The molecule has 0 atom stereocenters. The molecule has 3 rings (SSSR count). The van der Waals surface area contributed by atoms with Gasteiger partial charge in [-0.15, -0.1) is 0 Å². The van der Waals surface area contributed by atoms with Crippen LogP contribution in [0, 0.1) is 5.41 Å². The fourth-order valence-electron chi connectivity index (χ4n) is 3.36. The van der Waals surface area contributed by atoms with Crippen molar-refractivity contribution in [2.75, 3.05) is 12.4 Å². The fourth-order valence-corrected chi connectivity index (χ4v) is 3.49. The molecule has 36 heavy (non-hydrogen) atoms. The molecule has 192 valence electrons. The number of rotatable bonds is 10. The van der Waals surface area contributed by atoms with Gasteiger partial charge in [0.1, 0.15) is 0 Å². The van der Waals surface area contributed by atoms with E-state index in [1.54, 1.807) is 42.5 Å². The Morgan fingerprint density at radius 3 is 2.36 bits per heavy atom. The minimum Gasteiger partial charge on any atom is -0.493 e. The molecule has 2 N–H and O–H groups in total. The number of halogens is 1. The standard InChI is InChI=1S/C25H29ClN4O6/c1-15(2)36-19-11-10-18(12-20(19)35-5)27-22-28-23(33)30(14-25(3,4)21(31)32)24(34)29(22)13-16-6-8-17(26)9-7-16/h6-12,15H,13-14H2,1-5H3,(H,31,32)(H,27,28,33). The summed E-state index contributed by atoms with van der Waals surface area (Å²) in [5, 5.41) is 13.0. The third-order valence-corrected chi connectivity index (χ3v) is 5.57. The Balaban J connectivity index is 2.10. The summed E-state index contributed by atoms with van der Waals surface area (Å²) < 4.78 is 13.3. The quantitative estimate of drug-likeness (QED) is 0.417. The van der Waals surface area contributed by atoms with Crippen LogP contribution in [0.1, 0.15) is 33.3 Å². The Kier molecular flexibility index (Phi) is 8.09. The van der Waals surface area contributed by atoms with Crippen molar-refractivity contribution < 1.29 is 19.4 Å². The number of nitrogens with zero attached hydrogens (tertiary/aromatic N) is 3. The highest BCUT2D eigenvalue weighted by atomic mass is 35.5. The lowest BCUT2D eigenvalue weighted by atomic mass is 9.94. The van der Waals surface area contributed by atoms with E-state index in [1.807, 2.05) is 13.8 Å². The minimum absolute atomic E-state index is 0.0103. The molecule has 0 fully saturated rings. The number of benzene rings is 2. The highest BCUT2D eigenvalue weighted by Crippen LogP contribution is 2.32. The molecule has 1 heterocycles. The van der Waals surface area contributed by atoms with Crippen LogP contribution in [0.2, 0.25) is 5.02 Å². The molecule has 2 aromatic carbocycles. The number of methoxy groups -OCH3 is 1. The maximum absolute atomic E-state index is 13.5. The summed E-state index contributed by atoms with van der Waals surface area (Å²) in [5.41, 5.74) is -1.70. The summed E-state index contributed by atoms with van der Waals surface area (Å²) >= 11 is 5.99. The Morgan fingerprint density at radius 1 is 1.11 bits per heavy atom. The molecule has 0 unspecified atom stereocenters. The van der Waals surface area contributed by atoms with E-state index in [4.69, 9.17) is 21.1 Å². The van der Waals surface area contributed by atoms with E-state index in [0.717, 1.165) is 10.1 Å². The number of carboxylic acids is 1. The van der Waals surface area contributed by atoms with Gasteiger partial charge < -0.3 is 19.9 Å². The Hall–Kier alpha value is -3.79. The number of nitrogens with one attached hydrogen (secondary N) is 1. The molecule has 0 aliphatic rings. The van der Waals surface area contributed by atoms with Crippen LogP contribution in [0.15, 0.2) is 52.1 Å². The van der Waals surface area contributed by atoms with Crippen molar-refractivity contribution in [1.29, 1.82) is 0 Å². The molecule has 1 aromatic heterocycles. The molecule has 3 aromatic rings. The second-order valence-corrected chi connectivity index (χ2v) is 9.58. The monoisotopic (exact) mass is 516 g/mol. The average Bonchev–Trinajstić information content (AvgIpc) is 2.81. The second kappa shape index (κ2) is 10.9. The first-order valence-electron chi connectivity index (χ1n) is 11.2. The molecular formula is C25H29ClN4O6. The molecule has 0 aliphatic carbocycles. The van der Waals surface area contributed by atoms with E-state index in [2.05, 4.69) is 10.3 Å². The van der Waals surface area contributed by atoms with Crippen molar-refractivity contribution in [2.45, 2.75) is 46.9 Å². The smallest absolute Gasteiger partial charge is 0.354 e. The predicted molar refractivity (Wildman–Crippen MR) is 137 cm³/mol. The summed E-state index contributed by atoms with van der Waals surface area (Å²) in [5.74, 6) is -0.160. The van der Waals surface area contributed by atoms with E-state index in [9.17, 15) is 19.5 Å². The number of aromatic nitrogens is 3. The highest BCUT2D eigenvalue weighted by Gasteiger charge is 2.30. The second-order valence-electron chi connectivity index (χ2n) is 9.15. The lowest BCUT2D eigenvalue weighted by molar-refractivity contribution is -0.147. The predicted octanol–water partition coefficient (Wildman–Crippen LogP) is 3.76. The van der Waals surface area contributed by atoms with E-state index in [1.165, 1.54) is 25.5 Å². The number of ether oxygens (including phenoxy) is 2. The molecular weight excluding hydrogens is 488 g/mol. The molecule has 10 nitrogen and oxygen atoms in total. The summed E-state index contributed by atoms with van der Waals surface area (Å²) in [4.78, 5) is 42.0. The zero-order chi connectivity index (χ0) is 26.6. The maximum Gasteiger partial charge on any atom is 0.354 e. The van der Waals surface area contributed by atoms with Gasteiger partial charge in [0.2, 0.25) is 5.95 Å². The lowest BCUT2D eigenvalue weighted by Crippen LogP contribution is -2.46. The van der Waals surface area contributed by atoms with E-state index < -0.39 is 22.8 Å². The van der Waals surface area contributed by atoms with Gasteiger partial charge in [-0.3, -0.25) is 9.36 Å². The summed E-state index contributed by atoms with van der Waals surface area (Å²) in [6, 6.07) is 11.9. The lowest BCUT2D eigenvalue weighted by Gasteiger charge is -2.21. The van der Waals surface area contributed by atoms with Gasteiger partial charge in [-0.2, -0.15) is 4.98 Å². The van der Waals surface area contributed by atoms with Crippen LogP contribution in [-0.4, -0.2) is 38.4 Å². The molecule has 11 heteroatoms. The first-order chi connectivity index (χ1) is 16.9. The number of anilines is 2. The van der Waals surface area contributed by atoms with E-state index in [0.29, 0.717) is 22.2 Å². The molecule has 0 radical (unpaired) electrons. The Labute approximate surface area is 213 Å². The van der Waals surface area contributed by atoms with Gasteiger partial charge in [0.05, 0.1) is 25.2 Å². The van der Waals surface area contributed by atoms with Crippen LogP contribution in [0.3, 0.4) is 0 Å². The van der Waals surface area contributed by atoms with Gasteiger partial charge in [0, 0.05) is 23.3 Å². The number of hydrogen-bond acceptors (Lipinski definition) is 7. The van der Waals surface area contributed by atoms with Crippen LogP contribution in [0.25, 0.3) is 0 Å². The molecule has 0 bridgehead atoms. The SMILES string of the molecule is COc1cc(Nc2nc(=O)n(CC(C)(C)C(=O)O)c(=O)n2Cc2ccc(Cl)cc2)ccc1OC(C)C. The minimum atomic E-state index is -1.36. The van der Waals surface area contributed by atoms with Gasteiger partial charge in [0.15, 0.2) is 11.5 Å². The van der Waals surface area contributed by atoms with Gasteiger partial charge in [0.25, 0.3) is 0 Å². The van der Waals surface area contributed by atoms with Crippen molar-refractivity contribution in [3.05, 3.63) is 74.0 Å². The first kappa shape index (κ1) is 26.8. The van der Waals surface area contributed by atoms with Crippen molar-refractivity contribution >= 4 is 29.2 Å². The normalized spacial score (nSPS) is 11.4. The van der Waals surface area contributed by atoms with Crippen LogP contribution in [0.5, 0.6) is 11.5 Å².